The molecular weight excluding hydrogens is 253 g/mol. The fraction of sp³-hybridized carbons (Fsp3) is 0.250. The van der Waals surface area contributed by atoms with Crippen molar-refractivity contribution < 1.29 is 4.39 Å². The predicted octanol–water partition coefficient (Wildman–Crippen LogP) is 3.22. The van der Waals surface area contributed by atoms with Gasteiger partial charge in [0.15, 0.2) is 0 Å². The molecular formula is C16H14FN3. The topological polar surface area (TPSA) is 62.7 Å². The minimum atomic E-state index is -0.274. The Bertz CT molecular complexity index is 699. The van der Waals surface area contributed by atoms with E-state index >= 15 is 0 Å². The maximum Gasteiger partial charge on any atom is 0.142 e. The second-order valence-electron chi connectivity index (χ2n) is 5.00. The first-order valence-electron chi connectivity index (χ1n) is 6.68. The van der Waals surface area contributed by atoms with Crippen LogP contribution in [0.4, 0.5) is 10.2 Å². The van der Waals surface area contributed by atoms with Gasteiger partial charge in [-0.25, -0.2) is 9.37 Å². The molecule has 1 aromatic heterocycles. The van der Waals surface area contributed by atoms with Gasteiger partial charge in [-0.1, -0.05) is 0 Å². The van der Waals surface area contributed by atoms with Crippen LogP contribution in [-0.4, -0.2) is 4.98 Å². The van der Waals surface area contributed by atoms with E-state index in [4.69, 9.17) is 5.73 Å². The zero-order valence-corrected chi connectivity index (χ0v) is 11.0. The summed E-state index contributed by atoms with van der Waals surface area (Å²) in [5.41, 5.74) is 10.2. The smallest absolute Gasteiger partial charge is 0.142 e. The first-order chi connectivity index (χ1) is 9.70. The molecule has 2 aromatic rings. The molecule has 2 N–H and O–H groups in total. The van der Waals surface area contributed by atoms with Crippen LogP contribution in [0.1, 0.15) is 29.5 Å². The number of benzene rings is 1. The van der Waals surface area contributed by atoms with E-state index < -0.39 is 0 Å². The second-order valence-corrected chi connectivity index (χ2v) is 5.00. The predicted molar refractivity (Wildman–Crippen MR) is 75.4 cm³/mol. The fourth-order valence-corrected chi connectivity index (χ4v) is 2.81. The van der Waals surface area contributed by atoms with Crippen LogP contribution in [0.15, 0.2) is 24.3 Å². The maximum absolute atomic E-state index is 13.1. The number of rotatable bonds is 1. The molecule has 0 saturated carbocycles. The molecule has 0 saturated heterocycles. The number of hydrogen-bond donors (Lipinski definition) is 1. The molecule has 1 aliphatic carbocycles. The summed E-state index contributed by atoms with van der Waals surface area (Å²) in [4.78, 5) is 4.39. The van der Waals surface area contributed by atoms with Crippen molar-refractivity contribution in [3.63, 3.8) is 0 Å². The molecule has 0 radical (unpaired) electrons. The van der Waals surface area contributed by atoms with Crippen molar-refractivity contribution in [2.24, 2.45) is 0 Å². The standard InChI is InChI=1S/C16H14FN3/c17-11-7-5-10(6-8-11)15-13-4-2-1-3-12(13)14(9-18)16(19)20-15/h5-8H,1-4H2,(H2,19,20). The van der Waals surface area contributed by atoms with Crippen molar-refractivity contribution in [2.75, 3.05) is 5.73 Å². The Morgan fingerprint density at radius 2 is 1.75 bits per heavy atom. The summed E-state index contributed by atoms with van der Waals surface area (Å²) in [6.45, 7) is 0. The zero-order valence-electron chi connectivity index (χ0n) is 11.0. The number of nitriles is 1. The first-order valence-corrected chi connectivity index (χ1v) is 6.68. The van der Waals surface area contributed by atoms with Gasteiger partial charge in [-0.3, -0.25) is 0 Å². The Morgan fingerprint density at radius 1 is 1.10 bits per heavy atom. The van der Waals surface area contributed by atoms with Crippen LogP contribution in [0.3, 0.4) is 0 Å². The molecule has 0 aliphatic heterocycles. The van der Waals surface area contributed by atoms with Gasteiger partial charge in [0.2, 0.25) is 0 Å². The Labute approximate surface area is 116 Å². The summed E-state index contributed by atoms with van der Waals surface area (Å²) in [7, 11) is 0. The van der Waals surface area contributed by atoms with Gasteiger partial charge in [-0.05, 0) is 61.1 Å². The summed E-state index contributed by atoms with van der Waals surface area (Å²) in [5.74, 6) is -0.00305. The van der Waals surface area contributed by atoms with Crippen molar-refractivity contribution >= 4 is 5.82 Å². The van der Waals surface area contributed by atoms with E-state index in [1.807, 2.05) is 0 Å². The van der Waals surface area contributed by atoms with Gasteiger partial charge in [0.25, 0.3) is 0 Å². The second kappa shape index (κ2) is 4.93. The number of anilines is 1. The van der Waals surface area contributed by atoms with E-state index in [1.54, 1.807) is 12.1 Å². The molecule has 100 valence electrons. The Morgan fingerprint density at radius 3 is 2.40 bits per heavy atom. The number of hydrogen-bond acceptors (Lipinski definition) is 3. The van der Waals surface area contributed by atoms with E-state index in [0.29, 0.717) is 5.56 Å². The van der Waals surface area contributed by atoms with Gasteiger partial charge < -0.3 is 5.73 Å². The highest BCUT2D eigenvalue weighted by Gasteiger charge is 2.21. The summed E-state index contributed by atoms with van der Waals surface area (Å²) < 4.78 is 13.1. The van der Waals surface area contributed by atoms with E-state index in [-0.39, 0.29) is 11.6 Å². The lowest BCUT2D eigenvalue weighted by Crippen LogP contribution is -2.11. The minimum absolute atomic E-state index is 0.271. The van der Waals surface area contributed by atoms with Crippen LogP contribution in [0.2, 0.25) is 0 Å². The molecule has 0 bridgehead atoms. The zero-order chi connectivity index (χ0) is 14.1. The minimum Gasteiger partial charge on any atom is -0.383 e. The number of fused-ring (bicyclic) bond motifs is 1. The van der Waals surface area contributed by atoms with Gasteiger partial charge in [0.1, 0.15) is 17.7 Å². The lowest BCUT2D eigenvalue weighted by molar-refractivity contribution is 0.628. The summed E-state index contributed by atoms with van der Waals surface area (Å²) in [5, 5.41) is 9.25. The molecule has 0 spiro atoms. The van der Waals surface area contributed by atoms with Crippen molar-refractivity contribution in [2.45, 2.75) is 25.7 Å². The van der Waals surface area contributed by atoms with Crippen LogP contribution in [0, 0.1) is 17.1 Å². The highest BCUT2D eigenvalue weighted by Crippen LogP contribution is 2.34. The molecule has 3 rings (SSSR count). The molecule has 0 fully saturated rings. The molecule has 0 unspecified atom stereocenters. The third-order valence-corrected chi connectivity index (χ3v) is 3.77. The van der Waals surface area contributed by atoms with Crippen molar-refractivity contribution in [1.82, 2.24) is 4.98 Å². The quantitative estimate of drug-likeness (QED) is 0.862. The number of nitrogens with two attached hydrogens (primary N) is 1. The van der Waals surface area contributed by atoms with Gasteiger partial charge in [0.05, 0.1) is 11.3 Å². The maximum atomic E-state index is 13.1. The Hall–Kier alpha value is -2.41. The highest BCUT2D eigenvalue weighted by molar-refractivity contribution is 5.71. The molecule has 0 atom stereocenters. The third kappa shape index (κ3) is 2.01. The first kappa shape index (κ1) is 12.6. The summed E-state index contributed by atoms with van der Waals surface area (Å²) in [6, 6.07) is 8.41. The number of aromatic nitrogens is 1. The third-order valence-electron chi connectivity index (χ3n) is 3.77. The Kier molecular flexibility index (Phi) is 3.11. The van der Waals surface area contributed by atoms with E-state index in [9.17, 15) is 9.65 Å². The number of nitrogens with zero attached hydrogens (tertiary/aromatic N) is 2. The Balaban J connectivity index is 2.24. The number of pyridine rings is 1. The van der Waals surface area contributed by atoms with Crippen molar-refractivity contribution in [3.05, 3.63) is 46.8 Å². The van der Waals surface area contributed by atoms with Gasteiger partial charge in [-0.2, -0.15) is 5.26 Å². The molecule has 3 nitrogen and oxygen atoms in total. The lowest BCUT2D eigenvalue weighted by Gasteiger charge is -2.21. The summed E-state index contributed by atoms with van der Waals surface area (Å²) >= 11 is 0. The molecule has 0 amide bonds. The van der Waals surface area contributed by atoms with Crippen molar-refractivity contribution in [3.8, 4) is 17.3 Å². The average Bonchev–Trinajstić information content (AvgIpc) is 2.47. The molecule has 4 heteroatoms. The normalized spacial score (nSPS) is 13.6. The monoisotopic (exact) mass is 267 g/mol. The van der Waals surface area contributed by atoms with E-state index in [2.05, 4.69) is 11.1 Å². The van der Waals surface area contributed by atoms with Crippen LogP contribution < -0.4 is 5.73 Å². The van der Waals surface area contributed by atoms with E-state index in [0.717, 1.165) is 48.1 Å². The SMILES string of the molecule is N#Cc1c(N)nc(-c2ccc(F)cc2)c2c1CCCC2. The molecule has 20 heavy (non-hydrogen) atoms. The fourth-order valence-electron chi connectivity index (χ4n) is 2.81. The largest absolute Gasteiger partial charge is 0.383 e. The average molecular weight is 267 g/mol. The summed E-state index contributed by atoms with van der Waals surface area (Å²) in [6.07, 6.45) is 3.90. The van der Waals surface area contributed by atoms with Gasteiger partial charge in [0, 0.05) is 5.56 Å². The number of nitrogen functional groups attached to an aromatic ring is 1. The lowest BCUT2D eigenvalue weighted by atomic mass is 9.86. The van der Waals surface area contributed by atoms with Gasteiger partial charge in [-0.15, -0.1) is 0 Å². The van der Waals surface area contributed by atoms with Crippen molar-refractivity contribution in [1.29, 1.82) is 5.26 Å². The van der Waals surface area contributed by atoms with Crippen LogP contribution in [0.5, 0.6) is 0 Å². The van der Waals surface area contributed by atoms with Gasteiger partial charge >= 0.3 is 0 Å². The highest BCUT2D eigenvalue weighted by atomic mass is 19.1. The van der Waals surface area contributed by atoms with Crippen LogP contribution in [0.25, 0.3) is 11.3 Å². The van der Waals surface area contributed by atoms with E-state index in [1.165, 1.54) is 12.1 Å². The number of halogens is 1. The van der Waals surface area contributed by atoms with Crippen LogP contribution in [-0.2, 0) is 12.8 Å². The molecule has 1 aliphatic rings. The van der Waals surface area contributed by atoms with Crippen LogP contribution >= 0.6 is 0 Å². The molecule has 1 aromatic carbocycles. The molecule has 1 heterocycles.